The van der Waals surface area contributed by atoms with E-state index in [0.717, 1.165) is 18.6 Å². The monoisotopic (exact) mass is 444 g/mol. The lowest BCUT2D eigenvalue weighted by atomic mass is 9.92. The average Bonchev–Trinajstić information content (AvgIpc) is 3.30. The van der Waals surface area contributed by atoms with Crippen LogP contribution >= 0.6 is 0 Å². The average molecular weight is 445 g/mol. The van der Waals surface area contributed by atoms with Crippen LogP contribution in [0.3, 0.4) is 0 Å². The van der Waals surface area contributed by atoms with Gasteiger partial charge in [0, 0.05) is 37.5 Å². The summed E-state index contributed by atoms with van der Waals surface area (Å²) in [5, 5.41) is 3.04. The van der Waals surface area contributed by atoms with Crippen LogP contribution in [0.4, 0.5) is 0 Å². The molecule has 0 radical (unpaired) electrons. The zero-order valence-electron chi connectivity index (χ0n) is 19.2. The third kappa shape index (κ3) is 5.75. The maximum atomic E-state index is 13.0. The first-order valence-corrected chi connectivity index (χ1v) is 10.9. The molecule has 174 valence electrons. The first kappa shape index (κ1) is 23.5. The number of amides is 2. The third-order valence-corrected chi connectivity index (χ3v) is 5.78. The van der Waals surface area contributed by atoms with Gasteiger partial charge in [0.05, 0.1) is 27.6 Å². The largest absolute Gasteiger partial charge is 0.493 e. The topological polar surface area (TPSA) is 90.2 Å². The second-order valence-corrected chi connectivity index (χ2v) is 8.11. The maximum Gasteiger partial charge on any atom is 0.254 e. The molecule has 1 saturated heterocycles. The van der Waals surface area contributed by atoms with Crippen LogP contribution in [0, 0.1) is 5.92 Å². The molecule has 1 atom stereocenters. The number of nitrogens with zero attached hydrogens (tertiary/aromatic N) is 1. The van der Waals surface area contributed by atoms with E-state index in [1.807, 2.05) is 24.0 Å². The van der Waals surface area contributed by atoms with Crippen LogP contribution in [-0.2, 0) is 11.2 Å². The van der Waals surface area contributed by atoms with E-state index < -0.39 is 0 Å². The van der Waals surface area contributed by atoms with E-state index in [2.05, 4.69) is 5.32 Å². The van der Waals surface area contributed by atoms with Crippen molar-refractivity contribution in [2.45, 2.75) is 38.6 Å². The van der Waals surface area contributed by atoms with E-state index in [-0.39, 0.29) is 23.8 Å². The number of furan rings is 1. The Morgan fingerprint density at radius 3 is 2.31 bits per heavy atom. The molecule has 1 aromatic carbocycles. The quantitative estimate of drug-likeness (QED) is 0.638. The number of hydrogen-bond acceptors (Lipinski definition) is 6. The van der Waals surface area contributed by atoms with Crippen molar-refractivity contribution in [3.63, 3.8) is 0 Å². The van der Waals surface area contributed by atoms with Crippen molar-refractivity contribution in [3.8, 4) is 17.2 Å². The van der Waals surface area contributed by atoms with Crippen molar-refractivity contribution in [3.05, 3.63) is 41.9 Å². The van der Waals surface area contributed by atoms with Gasteiger partial charge in [-0.25, -0.2) is 0 Å². The molecule has 0 spiro atoms. The minimum atomic E-state index is -0.0841. The minimum Gasteiger partial charge on any atom is -0.493 e. The molecule has 0 bridgehead atoms. The van der Waals surface area contributed by atoms with Crippen molar-refractivity contribution in [1.82, 2.24) is 10.2 Å². The fourth-order valence-corrected chi connectivity index (χ4v) is 4.10. The molecule has 1 aromatic heterocycles. The maximum absolute atomic E-state index is 13.0. The highest BCUT2D eigenvalue weighted by molar-refractivity contribution is 5.95. The summed E-state index contributed by atoms with van der Waals surface area (Å²) < 4.78 is 21.4. The van der Waals surface area contributed by atoms with Gasteiger partial charge in [0.2, 0.25) is 11.7 Å². The minimum absolute atomic E-state index is 0.00958. The van der Waals surface area contributed by atoms with Crippen molar-refractivity contribution in [1.29, 1.82) is 0 Å². The van der Waals surface area contributed by atoms with Gasteiger partial charge >= 0.3 is 0 Å². The second kappa shape index (κ2) is 10.9. The van der Waals surface area contributed by atoms with Crippen LogP contribution in [0.2, 0.25) is 0 Å². The summed E-state index contributed by atoms with van der Waals surface area (Å²) >= 11 is 0. The summed E-state index contributed by atoms with van der Waals surface area (Å²) in [4.78, 5) is 27.3. The van der Waals surface area contributed by atoms with Gasteiger partial charge in [-0.15, -0.1) is 0 Å². The number of ether oxygens (including phenoxy) is 3. The summed E-state index contributed by atoms with van der Waals surface area (Å²) in [6, 6.07) is 7.10. The Bertz CT molecular complexity index is 878. The van der Waals surface area contributed by atoms with Gasteiger partial charge < -0.3 is 28.8 Å². The van der Waals surface area contributed by atoms with Gasteiger partial charge in [0.25, 0.3) is 5.91 Å². The number of rotatable bonds is 9. The number of carbonyl (C=O) groups is 2. The predicted octanol–water partition coefficient (Wildman–Crippen LogP) is 3.30. The molecular weight excluding hydrogens is 412 g/mol. The highest BCUT2D eigenvalue weighted by Crippen LogP contribution is 2.38. The Morgan fingerprint density at radius 2 is 1.78 bits per heavy atom. The predicted molar refractivity (Wildman–Crippen MR) is 119 cm³/mol. The Balaban J connectivity index is 1.52. The Labute approximate surface area is 188 Å². The zero-order valence-corrected chi connectivity index (χ0v) is 19.2. The molecule has 2 aromatic rings. The molecule has 0 aliphatic carbocycles. The fourth-order valence-electron chi connectivity index (χ4n) is 4.10. The van der Waals surface area contributed by atoms with Gasteiger partial charge in [0.1, 0.15) is 5.76 Å². The standard InChI is InChI=1S/C24H32N2O6/c1-16(12-19-6-5-11-32-19)25-22(27)13-17-7-9-26(10-8-17)24(28)18-14-20(29-2)23(31-4)21(15-18)30-3/h5-6,11,14-17H,7-10,12-13H2,1-4H3,(H,25,27)/t16-/m1/s1. The summed E-state index contributed by atoms with van der Waals surface area (Å²) in [7, 11) is 4.58. The first-order chi connectivity index (χ1) is 15.4. The number of likely N-dealkylation sites (tertiary alicyclic amines) is 1. The molecule has 1 aliphatic rings. The number of hydrogen-bond donors (Lipinski definition) is 1. The van der Waals surface area contributed by atoms with Crippen LogP contribution in [0.1, 0.15) is 42.3 Å². The molecule has 0 unspecified atom stereocenters. The lowest BCUT2D eigenvalue weighted by Crippen LogP contribution is -2.40. The highest BCUT2D eigenvalue weighted by atomic mass is 16.5. The van der Waals surface area contributed by atoms with Crippen LogP contribution in [0.25, 0.3) is 0 Å². The van der Waals surface area contributed by atoms with Crippen LogP contribution in [0.5, 0.6) is 17.2 Å². The number of carbonyl (C=O) groups excluding carboxylic acids is 2. The van der Waals surface area contributed by atoms with E-state index in [9.17, 15) is 9.59 Å². The van der Waals surface area contributed by atoms with Crippen molar-refractivity contribution in [2.75, 3.05) is 34.4 Å². The zero-order chi connectivity index (χ0) is 23.1. The van der Waals surface area contributed by atoms with Gasteiger partial charge in [-0.3, -0.25) is 9.59 Å². The third-order valence-electron chi connectivity index (χ3n) is 5.78. The summed E-state index contributed by atoms with van der Waals surface area (Å²) in [5.41, 5.74) is 0.488. The Morgan fingerprint density at radius 1 is 1.12 bits per heavy atom. The summed E-state index contributed by atoms with van der Waals surface area (Å²) in [6.45, 7) is 3.18. The van der Waals surface area contributed by atoms with Gasteiger partial charge in [-0.2, -0.15) is 0 Å². The summed E-state index contributed by atoms with van der Waals surface area (Å²) in [6.07, 6.45) is 4.35. The molecule has 8 heteroatoms. The number of methoxy groups -OCH3 is 3. The van der Waals surface area contributed by atoms with E-state index in [4.69, 9.17) is 18.6 Å². The molecule has 1 aliphatic heterocycles. The lowest BCUT2D eigenvalue weighted by Gasteiger charge is -2.32. The number of nitrogens with one attached hydrogen (secondary N) is 1. The van der Waals surface area contributed by atoms with Crippen LogP contribution < -0.4 is 19.5 Å². The van der Waals surface area contributed by atoms with Crippen molar-refractivity contribution in [2.24, 2.45) is 5.92 Å². The molecular formula is C24H32N2O6. The highest BCUT2D eigenvalue weighted by Gasteiger charge is 2.27. The smallest absolute Gasteiger partial charge is 0.254 e. The van der Waals surface area contributed by atoms with E-state index in [1.54, 1.807) is 18.4 Å². The van der Waals surface area contributed by atoms with Gasteiger partial charge in [0.15, 0.2) is 11.5 Å². The van der Waals surface area contributed by atoms with Crippen LogP contribution in [-0.4, -0.2) is 57.2 Å². The lowest BCUT2D eigenvalue weighted by molar-refractivity contribution is -0.122. The molecule has 32 heavy (non-hydrogen) atoms. The molecule has 0 saturated carbocycles. The van der Waals surface area contributed by atoms with Crippen LogP contribution in [0.15, 0.2) is 34.9 Å². The van der Waals surface area contributed by atoms with E-state index in [1.165, 1.54) is 21.3 Å². The van der Waals surface area contributed by atoms with E-state index >= 15 is 0 Å². The molecule has 1 N–H and O–H groups in total. The number of piperidine rings is 1. The fraction of sp³-hybridized carbons (Fsp3) is 0.500. The second-order valence-electron chi connectivity index (χ2n) is 8.11. The normalized spacial score (nSPS) is 15.2. The molecule has 2 amide bonds. The van der Waals surface area contributed by atoms with E-state index in [0.29, 0.717) is 48.7 Å². The van der Waals surface area contributed by atoms with Crippen molar-refractivity contribution < 1.29 is 28.2 Å². The molecule has 2 heterocycles. The Hall–Kier alpha value is -3.16. The summed E-state index contributed by atoms with van der Waals surface area (Å²) in [5.74, 6) is 2.43. The first-order valence-electron chi connectivity index (χ1n) is 10.9. The molecule has 3 rings (SSSR count). The van der Waals surface area contributed by atoms with Gasteiger partial charge in [-0.05, 0) is 49.9 Å². The molecule has 1 fully saturated rings. The number of benzene rings is 1. The SMILES string of the molecule is COc1cc(C(=O)N2CCC(CC(=O)N[C@H](C)Cc3ccco3)CC2)cc(OC)c1OC. The van der Waals surface area contributed by atoms with Gasteiger partial charge in [-0.1, -0.05) is 0 Å². The molecule has 8 nitrogen and oxygen atoms in total. The van der Waals surface area contributed by atoms with Crippen molar-refractivity contribution >= 4 is 11.8 Å². The Kier molecular flexibility index (Phi) is 8.03.